The van der Waals surface area contributed by atoms with Crippen LogP contribution in [0, 0.1) is 5.92 Å². The van der Waals surface area contributed by atoms with Crippen LogP contribution in [-0.4, -0.2) is 17.3 Å². The first-order valence-electron chi connectivity index (χ1n) is 6.61. The topological polar surface area (TPSA) is 32.3 Å². The molecule has 0 saturated heterocycles. The van der Waals surface area contributed by atoms with Gasteiger partial charge in [-0.1, -0.05) is 25.4 Å². The predicted molar refractivity (Wildman–Crippen MR) is 78.5 cm³/mol. The molecule has 0 bridgehead atoms. The van der Waals surface area contributed by atoms with E-state index in [4.69, 9.17) is 11.6 Å². The van der Waals surface area contributed by atoms with Crippen LogP contribution in [0.5, 0.6) is 0 Å². The minimum absolute atomic E-state index is 0.363. The molecular formula is C14H22ClNOS. The van der Waals surface area contributed by atoms with Gasteiger partial charge in [0.1, 0.15) is 0 Å². The van der Waals surface area contributed by atoms with Crippen LogP contribution < -0.4 is 5.32 Å². The van der Waals surface area contributed by atoms with Gasteiger partial charge in [0.2, 0.25) is 0 Å². The van der Waals surface area contributed by atoms with Gasteiger partial charge >= 0.3 is 0 Å². The third-order valence-corrected chi connectivity index (χ3v) is 4.76. The second-order valence-electron chi connectivity index (χ2n) is 6.00. The lowest BCUT2D eigenvalue weighted by Crippen LogP contribution is -2.40. The Balaban J connectivity index is 1.92. The molecule has 4 heteroatoms. The summed E-state index contributed by atoms with van der Waals surface area (Å²) in [6, 6.07) is 2.44. The third-order valence-electron chi connectivity index (χ3n) is 3.42. The van der Waals surface area contributed by atoms with Crippen LogP contribution >= 0.6 is 22.9 Å². The summed E-state index contributed by atoms with van der Waals surface area (Å²) in [5.74, 6) is 0.511. The van der Waals surface area contributed by atoms with Crippen molar-refractivity contribution >= 4 is 22.9 Å². The minimum Gasteiger partial charge on any atom is -0.389 e. The standard InChI is InChI=1S/C14H22ClNOS/c1-9(2)7-14(3,17)8-16-11-4-5-12-10(11)6-13(15)18-12/h6,9,11,16-17H,4-5,7-8H2,1-3H3. The van der Waals surface area contributed by atoms with E-state index in [9.17, 15) is 5.11 Å². The van der Waals surface area contributed by atoms with Crippen LogP contribution in [0.3, 0.4) is 0 Å². The van der Waals surface area contributed by atoms with Crippen molar-refractivity contribution in [3.63, 3.8) is 0 Å². The first kappa shape index (κ1) is 14.3. The summed E-state index contributed by atoms with van der Waals surface area (Å²) in [5.41, 5.74) is 0.710. The maximum atomic E-state index is 10.3. The third kappa shape index (κ3) is 3.47. The molecule has 2 rings (SSSR count). The van der Waals surface area contributed by atoms with E-state index in [1.807, 2.05) is 6.92 Å². The van der Waals surface area contributed by atoms with E-state index >= 15 is 0 Å². The Hall–Kier alpha value is -0.0900. The molecule has 2 unspecified atom stereocenters. The van der Waals surface area contributed by atoms with Gasteiger partial charge in [0, 0.05) is 17.5 Å². The van der Waals surface area contributed by atoms with Crippen LogP contribution in [0.2, 0.25) is 4.34 Å². The maximum Gasteiger partial charge on any atom is 0.0934 e. The van der Waals surface area contributed by atoms with E-state index in [0.29, 0.717) is 18.5 Å². The zero-order valence-electron chi connectivity index (χ0n) is 11.3. The molecule has 0 saturated carbocycles. The lowest BCUT2D eigenvalue weighted by Gasteiger charge is -2.27. The molecule has 18 heavy (non-hydrogen) atoms. The van der Waals surface area contributed by atoms with E-state index < -0.39 is 5.60 Å². The molecule has 0 fully saturated rings. The second-order valence-corrected chi connectivity index (χ2v) is 7.76. The second kappa shape index (κ2) is 5.49. The van der Waals surface area contributed by atoms with Gasteiger partial charge in [0.15, 0.2) is 0 Å². The Morgan fingerprint density at radius 3 is 3.00 bits per heavy atom. The number of thiophene rings is 1. The van der Waals surface area contributed by atoms with Crippen LogP contribution in [0.15, 0.2) is 6.07 Å². The summed E-state index contributed by atoms with van der Waals surface area (Å²) < 4.78 is 0.875. The molecular weight excluding hydrogens is 266 g/mol. The number of nitrogens with one attached hydrogen (secondary N) is 1. The van der Waals surface area contributed by atoms with E-state index in [1.165, 1.54) is 10.4 Å². The molecule has 0 spiro atoms. The van der Waals surface area contributed by atoms with Crippen molar-refractivity contribution in [3.05, 3.63) is 20.8 Å². The average Bonchev–Trinajstić information content (AvgIpc) is 2.72. The number of aryl methyl sites for hydroxylation is 1. The summed E-state index contributed by atoms with van der Waals surface area (Å²) in [4.78, 5) is 1.40. The van der Waals surface area contributed by atoms with Crippen molar-refractivity contribution in [2.45, 2.75) is 51.7 Å². The summed E-state index contributed by atoms with van der Waals surface area (Å²) in [6.07, 6.45) is 3.05. The Bertz CT molecular complexity index is 414. The van der Waals surface area contributed by atoms with Crippen molar-refractivity contribution in [2.24, 2.45) is 5.92 Å². The highest BCUT2D eigenvalue weighted by Gasteiger charge is 2.28. The lowest BCUT2D eigenvalue weighted by molar-refractivity contribution is 0.0359. The molecule has 0 aliphatic heterocycles. The van der Waals surface area contributed by atoms with E-state index in [2.05, 4.69) is 25.2 Å². The molecule has 1 heterocycles. The minimum atomic E-state index is -0.628. The van der Waals surface area contributed by atoms with E-state index in [-0.39, 0.29) is 0 Å². The molecule has 1 aliphatic carbocycles. The van der Waals surface area contributed by atoms with Gasteiger partial charge in [-0.05, 0) is 43.7 Å². The van der Waals surface area contributed by atoms with Crippen molar-refractivity contribution < 1.29 is 5.11 Å². The van der Waals surface area contributed by atoms with Crippen molar-refractivity contribution in [2.75, 3.05) is 6.54 Å². The Morgan fingerprint density at radius 1 is 1.61 bits per heavy atom. The number of hydrogen-bond donors (Lipinski definition) is 2. The van der Waals surface area contributed by atoms with Crippen molar-refractivity contribution in [3.8, 4) is 0 Å². The first-order valence-corrected chi connectivity index (χ1v) is 7.81. The largest absolute Gasteiger partial charge is 0.389 e. The predicted octanol–water partition coefficient (Wildman–Crippen LogP) is 3.78. The molecule has 2 nitrogen and oxygen atoms in total. The molecule has 1 aromatic heterocycles. The fourth-order valence-corrected chi connectivity index (χ4v) is 4.19. The lowest BCUT2D eigenvalue weighted by atomic mass is 9.94. The number of rotatable bonds is 5. The molecule has 2 N–H and O–H groups in total. The smallest absolute Gasteiger partial charge is 0.0934 e. The van der Waals surface area contributed by atoms with Gasteiger partial charge in [-0.15, -0.1) is 11.3 Å². The normalized spacial score (nSPS) is 22.2. The average molecular weight is 288 g/mol. The summed E-state index contributed by atoms with van der Waals surface area (Å²) in [7, 11) is 0. The molecule has 2 atom stereocenters. The quantitative estimate of drug-likeness (QED) is 0.864. The van der Waals surface area contributed by atoms with Crippen LogP contribution in [0.4, 0.5) is 0 Å². The number of hydrogen-bond acceptors (Lipinski definition) is 3. The number of fused-ring (bicyclic) bond motifs is 1. The Labute approximate surface area is 118 Å². The maximum absolute atomic E-state index is 10.3. The summed E-state index contributed by atoms with van der Waals surface area (Å²) >= 11 is 7.73. The zero-order chi connectivity index (χ0) is 13.3. The number of halogens is 1. The van der Waals surface area contributed by atoms with Crippen LogP contribution in [0.1, 0.15) is 50.1 Å². The molecule has 102 valence electrons. The first-order chi connectivity index (χ1) is 8.37. The number of aliphatic hydroxyl groups is 1. The molecule has 0 amide bonds. The highest BCUT2D eigenvalue weighted by Crippen LogP contribution is 2.39. The highest BCUT2D eigenvalue weighted by molar-refractivity contribution is 7.16. The van der Waals surface area contributed by atoms with Crippen LogP contribution in [0.25, 0.3) is 0 Å². The summed E-state index contributed by atoms with van der Waals surface area (Å²) in [6.45, 7) is 6.83. The van der Waals surface area contributed by atoms with Gasteiger partial charge in [0.25, 0.3) is 0 Å². The van der Waals surface area contributed by atoms with Gasteiger partial charge in [-0.2, -0.15) is 0 Å². The molecule has 1 aromatic rings. The van der Waals surface area contributed by atoms with Crippen LogP contribution in [-0.2, 0) is 6.42 Å². The van der Waals surface area contributed by atoms with Crippen molar-refractivity contribution in [1.82, 2.24) is 5.32 Å². The monoisotopic (exact) mass is 287 g/mol. The molecule has 0 aromatic carbocycles. The zero-order valence-corrected chi connectivity index (χ0v) is 12.9. The van der Waals surface area contributed by atoms with Gasteiger partial charge in [-0.3, -0.25) is 0 Å². The van der Waals surface area contributed by atoms with Gasteiger partial charge in [-0.25, -0.2) is 0 Å². The SMILES string of the molecule is CC(C)CC(C)(O)CNC1CCc2sc(Cl)cc21. The van der Waals surface area contributed by atoms with Crippen molar-refractivity contribution in [1.29, 1.82) is 0 Å². The molecule has 0 radical (unpaired) electrons. The van der Waals surface area contributed by atoms with E-state index in [1.54, 1.807) is 11.3 Å². The highest BCUT2D eigenvalue weighted by atomic mass is 35.5. The Morgan fingerprint density at radius 2 is 2.33 bits per heavy atom. The summed E-state index contributed by atoms with van der Waals surface area (Å²) in [5, 5.41) is 13.8. The Kier molecular flexibility index (Phi) is 4.37. The van der Waals surface area contributed by atoms with E-state index in [0.717, 1.165) is 23.6 Å². The van der Waals surface area contributed by atoms with Gasteiger partial charge in [0.05, 0.1) is 9.94 Å². The fraction of sp³-hybridized carbons (Fsp3) is 0.714. The fourth-order valence-electron chi connectivity index (χ4n) is 2.84. The molecule has 1 aliphatic rings. The van der Waals surface area contributed by atoms with Gasteiger partial charge < -0.3 is 10.4 Å².